The first kappa shape index (κ1) is 20.7. The summed E-state index contributed by atoms with van der Waals surface area (Å²) in [5.74, 6) is 1.89. The summed E-state index contributed by atoms with van der Waals surface area (Å²) in [6, 6.07) is 15.3. The van der Waals surface area contributed by atoms with Crippen molar-refractivity contribution in [1.82, 2.24) is 5.32 Å². The third kappa shape index (κ3) is 4.03. The normalized spacial score (nSPS) is 13.5. The molecular formula is C24H26N2O5. The molecule has 0 radical (unpaired) electrons. The van der Waals surface area contributed by atoms with Crippen LogP contribution >= 0.6 is 0 Å². The van der Waals surface area contributed by atoms with E-state index in [2.05, 4.69) is 28.4 Å². The Balaban J connectivity index is 1.57. The molecule has 0 saturated heterocycles. The van der Waals surface area contributed by atoms with E-state index in [0.717, 1.165) is 18.7 Å². The summed E-state index contributed by atoms with van der Waals surface area (Å²) < 4.78 is 21.8. The number of anilines is 1. The van der Waals surface area contributed by atoms with Crippen molar-refractivity contribution in [2.75, 3.05) is 39.3 Å². The Morgan fingerprint density at radius 1 is 1.06 bits per heavy atom. The number of nitrogens with zero attached hydrogens (tertiary/aromatic N) is 1. The second kappa shape index (κ2) is 9.04. The Kier molecular flexibility index (Phi) is 6.02. The number of carbonyl (C=O) groups is 1. The van der Waals surface area contributed by atoms with Crippen LogP contribution in [-0.4, -0.2) is 40.3 Å². The fraction of sp³-hybridized carbons (Fsp3) is 0.292. The summed E-state index contributed by atoms with van der Waals surface area (Å²) in [7, 11) is 4.58. The van der Waals surface area contributed by atoms with Gasteiger partial charge in [-0.15, -0.1) is 0 Å². The molecule has 2 aromatic carbocycles. The lowest BCUT2D eigenvalue weighted by Crippen LogP contribution is -2.37. The summed E-state index contributed by atoms with van der Waals surface area (Å²) >= 11 is 0. The van der Waals surface area contributed by atoms with Gasteiger partial charge in [0.1, 0.15) is 11.8 Å². The van der Waals surface area contributed by atoms with Crippen molar-refractivity contribution in [2.45, 2.75) is 12.5 Å². The highest BCUT2D eigenvalue weighted by Crippen LogP contribution is 2.38. The first-order valence-corrected chi connectivity index (χ1v) is 10.1. The SMILES string of the molecule is COc1cc(C(=O)NC[C@H](c2ccco2)N2CCc3ccccc32)cc(OC)c1OC. The molecule has 162 valence electrons. The zero-order chi connectivity index (χ0) is 21.8. The highest BCUT2D eigenvalue weighted by molar-refractivity contribution is 5.95. The third-order valence-electron chi connectivity index (χ3n) is 5.55. The molecule has 0 bridgehead atoms. The van der Waals surface area contributed by atoms with E-state index in [4.69, 9.17) is 18.6 Å². The van der Waals surface area contributed by atoms with E-state index in [1.54, 1.807) is 18.4 Å². The molecule has 0 unspecified atom stereocenters. The number of rotatable bonds is 8. The molecule has 1 aromatic heterocycles. The van der Waals surface area contributed by atoms with E-state index in [1.165, 1.54) is 32.6 Å². The van der Waals surface area contributed by atoms with Gasteiger partial charge in [-0.05, 0) is 42.3 Å². The van der Waals surface area contributed by atoms with Gasteiger partial charge in [0.2, 0.25) is 5.75 Å². The van der Waals surface area contributed by atoms with Gasteiger partial charge in [-0.3, -0.25) is 4.79 Å². The molecular weight excluding hydrogens is 396 g/mol. The van der Waals surface area contributed by atoms with E-state index in [1.807, 2.05) is 18.2 Å². The molecule has 7 heteroatoms. The van der Waals surface area contributed by atoms with Crippen molar-refractivity contribution < 1.29 is 23.4 Å². The zero-order valence-corrected chi connectivity index (χ0v) is 17.9. The van der Waals surface area contributed by atoms with Gasteiger partial charge < -0.3 is 28.8 Å². The predicted molar refractivity (Wildman–Crippen MR) is 117 cm³/mol. The Morgan fingerprint density at radius 2 is 1.81 bits per heavy atom. The van der Waals surface area contributed by atoms with Crippen LogP contribution in [0.1, 0.15) is 27.7 Å². The van der Waals surface area contributed by atoms with E-state index >= 15 is 0 Å². The second-order valence-electron chi connectivity index (χ2n) is 7.23. The number of furan rings is 1. The average Bonchev–Trinajstić information content (AvgIpc) is 3.49. The van der Waals surface area contributed by atoms with Crippen LogP contribution in [0.2, 0.25) is 0 Å². The molecule has 1 atom stereocenters. The van der Waals surface area contributed by atoms with Gasteiger partial charge in [-0.1, -0.05) is 18.2 Å². The topological polar surface area (TPSA) is 73.2 Å². The zero-order valence-electron chi connectivity index (χ0n) is 17.9. The number of benzene rings is 2. The maximum absolute atomic E-state index is 13.0. The Bertz CT molecular complexity index is 1020. The van der Waals surface area contributed by atoms with Gasteiger partial charge in [-0.2, -0.15) is 0 Å². The van der Waals surface area contributed by atoms with Crippen LogP contribution in [0.5, 0.6) is 17.2 Å². The maximum atomic E-state index is 13.0. The number of nitrogens with one attached hydrogen (secondary N) is 1. The van der Waals surface area contributed by atoms with Crippen molar-refractivity contribution in [1.29, 1.82) is 0 Å². The molecule has 31 heavy (non-hydrogen) atoms. The van der Waals surface area contributed by atoms with E-state index in [0.29, 0.717) is 29.4 Å². The minimum absolute atomic E-state index is 0.121. The van der Waals surface area contributed by atoms with Crippen molar-refractivity contribution in [3.05, 3.63) is 71.7 Å². The highest BCUT2D eigenvalue weighted by Gasteiger charge is 2.29. The van der Waals surface area contributed by atoms with E-state index < -0.39 is 0 Å². The lowest BCUT2D eigenvalue weighted by atomic mass is 10.1. The smallest absolute Gasteiger partial charge is 0.251 e. The molecule has 0 fully saturated rings. The maximum Gasteiger partial charge on any atom is 0.251 e. The second-order valence-corrected chi connectivity index (χ2v) is 7.23. The molecule has 0 spiro atoms. The third-order valence-corrected chi connectivity index (χ3v) is 5.55. The number of ether oxygens (including phenoxy) is 3. The van der Waals surface area contributed by atoms with Crippen LogP contribution in [-0.2, 0) is 6.42 Å². The molecule has 7 nitrogen and oxygen atoms in total. The van der Waals surface area contributed by atoms with Crippen molar-refractivity contribution in [3.63, 3.8) is 0 Å². The molecule has 4 rings (SSSR count). The fourth-order valence-electron chi connectivity index (χ4n) is 4.04. The van der Waals surface area contributed by atoms with Crippen LogP contribution in [0.25, 0.3) is 0 Å². The van der Waals surface area contributed by atoms with E-state index in [9.17, 15) is 4.79 Å². The number of hydrogen-bond acceptors (Lipinski definition) is 6. The number of carbonyl (C=O) groups excluding carboxylic acids is 1. The number of amides is 1. The summed E-state index contributed by atoms with van der Waals surface area (Å²) in [6.07, 6.45) is 2.62. The molecule has 1 amide bonds. The van der Waals surface area contributed by atoms with Crippen molar-refractivity contribution in [3.8, 4) is 17.2 Å². The average molecular weight is 422 g/mol. The monoisotopic (exact) mass is 422 g/mol. The molecule has 1 N–H and O–H groups in total. The number of hydrogen-bond donors (Lipinski definition) is 1. The Hall–Kier alpha value is -3.61. The van der Waals surface area contributed by atoms with Gasteiger partial charge in [0, 0.05) is 24.3 Å². The predicted octanol–water partition coefficient (Wildman–Crippen LogP) is 3.84. The summed E-state index contributed by atoms with van der Waals surface area (Å²) in [6.45, 7) is 1.25. The van der Waals surface area contributed by atoms with Gasteiger partial charge in [-0.25, -0.2) is 0 Å². The number of para-hydroxylation sites is 1. The molecule has 1 aliphatic rings. The quantitative estimate of drug-likeness (QED) is 0.595. The lowest BCUT2D eigenvalue weighted by Gasteiger charge is -2.29. The number of methoxy groups -OCH3 is 3. The molecule has 3 aromatic rings. The first-order chi connectivity index (χ1) is 15.2. The van der Waals surface area contributed by atoms with Crippen LogP contribution in [0.3, 0.4) is 0 Å². The highest BCUT2D eigenvalue weighted by atomic mass is 16.5. The van der Waals surface area contributed by atoms with Crippen LogP contribution in [0, 0.1) is 0 Å². The first-order valence-electron chi connectivity index (χ1n) is 10.1. The van der Waals surface area contributed by atoms with E-state index in [-0.39, 0.29) is 11.9 Å². The Labute approximate surface area is 181 Å². The molecule has 0 saturated carbocycles. The largest absolute Gasteiger partial charge is 0.493 e. The Morgan fingerprint density at radius 3 is 2.45 bits per heavy atom. The van der Waals surface area contributed by atoms with Gasteiger partial charge in [0.15, 0.2) is 11.5 Å². The van der Waals surface area contributed by atoms with Gasteiger partial charge >= 0.3 is 0 Å². The van der Waals surface area contributed by atoms with Gasteiger partial charge in [0.05, 0.1) is 27.6 Å². The molecule has 2 heterocycles. The summed E-state index contributed by atoms with van der Waals surface area (Å²) in [5.41, 5.74) is 2.90. The van der Waals surface area contributed by atoms with Crippen molar-refractivity contribution in [2.24, 2.45) is 0 Å². The van der Waals surface area contributed by atoms with Crippen LogP contribution < -0.4 is 24.4 Å². The van der Waals surface area contributed by atoms with Gasteiger partial charge in [0.25, 0.3) is 5.91 Å². The minimum Gasteiger partial charge on any atom is -0.493 e. The summed E-state index contributed by atoms with van der Waals surface area (Å²) in [4.78, 5) is 15.3. The summed E-state index contributed by atoms with van der Waals surface area (Å²) in [5, 5.41) is 3.04. The number of fused-ring (bicyclic) bond motifs is 1. The van der Waals surface area contributed by atoms with Crippen LogP contribution in [0.4, 0.5) is 5.69 Å². The minimum atomic E-state index is -0.233. The standard InChI is InChI=1S/C24H26N2O5/c1-28-21-13-17(14-22(29-2)23(21)30-3)24(27)25-15-19(20-9-6-12-31-20)26-11-10-16-7-4-5-8-18(16)26/h4-9,12-14,19H,10-11,15H2,1-3H3,(H,25,27)/t19-/m1/s1. The fourth-order valence-corrected chi connectivity index (χ4v) is 4.04. The molecule has 0 aliphatic carbocycles. The van der Waals surface area contributed by atoms with Crippen LogP contribution in [0.15, 0.2) is 59.2 Å². The molecule has 1 aliphatic heterocycles. The lowest BCUT2D eigenvalue weighted by molar-refractivity contribution is 0.0949. The van der Waals surface area contributed by atoms with Crippen molar-refractivity contribution >= 4 is 11.6 Å².